The molecule has 208 valence electrons. The number of carbonyl (C=O) groups is 1. The third-order valence-corrected chi connectivity index (χ3v) is 7.26. The fraction of sp³-hybridized carbons (Fsp3) is 0.258. The summed E-state index contributed by atoms with van der Waals surface area (Å²) in [6, 6.07) is 26.1. The summed E-state index contributed by atoms with van der Waals surface area (Å²) in [5.41, 5.74) is 4.08. The van der Waals surface area contributed by atoms with Gasteiger partial charge in [-0.2, -0.15) is 0 Å². The van der Waals surface area contributed by atoms with Gasteiger partial charge in [0.05, 0.1) is 31.3 Å². The van der Waals surface area contributed by atoms with Gasteiger partial charge in [0.1, 0.15) is 6.23 Å². The first kappa shape index (κ1) is 26.5. The average molecular weight is 550 g/mol. The van der Waals surface area contributed by atoms with Gasteiger partial charge in [0.25, 0.3) is 5.91 Å². The van der Waals surface area contributed by atoms with Crippen molar-refractivity contribution in [2.24, 2.45) is 0 Å². The Labute approximate surface area is 237 Å². The Kier molecular flexibility index (Phi) is 7.92. The van der Waals surface area contributed by atoms with E-state index in [0.717, 1.165) is 23.2 Å². The lowest BCUT2D eigenvalue weighted by molar-refractivity contribution is -0.0207. The summed E-state index contributed by atoms with van der Waals surface area (Å²) in [5, 5.41) is 15.9. The predicted molar refractivity (Wildman–Crippen MR) is 154 cm³/mol. The number of amides is 1. The molecule has 0 saturated carbocycles. The maximum atomic E-state index is 13.3. The van der Waals surface area contributed by atoms with Crippen LogP contribution >= 0.6 is 0 Å². The highest BCUT2D eigenvalue weighted by Gasteiger charge is 2.29. The van der Waals surface area contributed by atoms with Gasteiger partial charge in [-0.1, -0.05) is 66.7 Å². The van der Waals surface area contributed by atoms with E-state index in [1.54, 1.807) is 12.5 Å². The number of carbonyl (C=O) groups excluding carboxylic acids is 1. The normalized spacial score (nSPS) is 16.7. The Bertz CT molecular complexity index is 1560. The standard InChI is InChI=1S/C31H31N7O3/c39-19-24-14-15-26(41-24)38-20-35-27-28(33-18-25(21-9-3-1-4-10-21)22-11-5-2-6-12-22)36-29(37-30(27)38)31(40)34-17-23-13-7-8-16-32-23/h1-13,16,20,24-26,39H,14-15,17-19H2,(H,34,40)(H,33,36,37). The first-order chi connectivity index (χ1) is 20.2. The molecule has 4 heterocycles. The molecule has 2 atom stereocenters. The number of imidazole rings is 1. The largest absolute Gasteiger partial charge is 0.394 e. The van der Waals surface area contributed by atoms with Gasteiger partial charge < -0.3 is 20.5 Å². The molecule has 2 unspecified atom stereocenters. The lowest BCUT2D eigenvalue weighted by atomic mass is 9.91. The van der Waals surface area contributed by atoms with Crippen molar-refractivity contribution in [3.63, 3.8) is 0 Å². The molecular weight excluding hydrogens is 518 g/mol. The second kappa shape index (κ2) is 12.2. The number of rotatable bonds is 10. The van der Waals surface area contributed by atoms with E-state index >= 15 is 0 Å². The summed E-state index contributed by atoms with van der Waals surface area (Å²) in [6.45, 7) is 0.720. The number of benzene rings is 2. The van der Waals surface area contributed by atoms with Gasteiger partial charge in [-0.3, -0.25) is 14.3 Å². The van der Waals surface area contributed by atoms with E-state index in [-0.39, 0.29) is 37.2 Å². The zero-order valence-electron chi connectivity index (χ0n) is 22.4. The van der Waals surface area contributed by atoms with E-state index in [9.17, 15) is 9.90 Å². The molecule has 0 spiro atoms. The van der Waals surface area contributed by atoms with Crippen LogP contribution in [-0.4, -0.2) is 54.8 Å². The van der Waals surface area contributed by atoms with Crippen LogP contribution in [0.2, 0.25) is 0 Å². The smallest absolute Gasteiger partial charge is 0.289 e. The van der Waals surface area contributed by atoms with Gasteiger partial charge in [0.2, 0.25) is 5.82 Å². The fourth-order valence-electron chi connectivity index (χ4n) is 5.13. The van der Waals surface area contributed by atoms with Crippen molar-refractivity contribution in [2.45, 2.75) is 37.6 Å². The molecule has 1 aliphatic rings. The first-order valence-electron chi connectivity index (χ1n) is 13.7. The van der Waals surface area contributed by atoms with Gasteiger partial charge in [-0.05, 0) is 36.1 Å². The Morgan fingerprint density at radius 1 is 0.951 bits per heavy atom. The van der Waals surface area contributed by atoms with Crippen molar-refractivity contribution in [3.05, 3.63) is 114 Å². The minimum atomic E-state index is -0.420. The second-order valence-corrected chi connectivity index (χ2v) is 9.95. The quantitative estimate of drug-likeness (QED) is 0.238. The van der Waals surface area contributed by atoms with Crippen molar-refractivity contribution < 1.29 is 14.6 Å². The van der Waals surface area contributed by atoms with Gasteiger partial charge >= 0.3 is 0 Å². The molecule has 41 heavy (non-hydrogen) atoms. The molecule has 10 nitrogen and oxygen atoms in total. The molecule has 3 aromatic heterocycles. The van der Waals surface area contributed by atoms with E-state index in [1.807, 2.05) is 59.2 Å². The Morgan fingerprint density at radius 2 is 1.68 bits per heavy atom. The Balaban J connectivity index is 1.33. The van der Waals surface area contributed by atoms with Crippen LogP contribution in [0.3, 0.4) is 0 Å². The zero-order valence-corrected chi connectivity index (χ0v) is 22.4. The summed E-state index contributed by atoms with van der Waals surface area (Å²) < 4.78 is 7.82. The molecule has 0 radical (unpaired) electrons. The lowest BCUT2D eigenvalue weighted by Gasteiger charge is -2.20. The number of hydrogen-bond donors (Lipinski definition) is 3. The van der Waals surface area contributed by atoms with Crippen molar-refractivity contribution in [3.8, 4) is 0 Å². The number of anilines is 1. The van der Waals surface area contributed by atoms with Gasteiger partial charge in [0.15, 0.2) is 17.0 Å². The molecule has 1 aliphatic heterocycles. The molecule has 0 bridgehead atoms. The SMILES string of the molecule is O=C(NCc1ccccn1)c1nc(NCC(c2ccccc2)c2ccccc2)c2ncn(C3CCC(CO)O3)c2n1. The number of aliphatic hydroxyl groups is 1. The summed E-state index contributed by atoms with van der Waals surface area (Å²) in [7, 11) is 0. The molecule has 0 aliphatic carbocycles. The van der Waals surface area contributed by atoms with E-state index in [1.165, 1.54) is 0 Å². The topological polar surface area (TPSA) is 127 Å². The number of fused-ring (bicyclic) bond motifs is 1. The second-order valence-electron chi connectivity index (χ2n) is 9.95. The number of ether oxygens (including phenoxy) is 1. The maximum Gasteiger partial charge on any atom is 0.289 e. The van der Waals surface area contributed by atoms with E-state index in [2.05, 4.69) is 54.8 Å². The highest BCUT2D eigenvalue weighted by atomic mass is 16.5. The Hall–Kier alpha value is -4.67. The average Bonchev–Trinajstić information content (AvgIpc) is 3.69. The predicted octanol–water partition coefficient (Wildman–Crippen LogP) is 4.07. The molecule has 1 amide bonds. The monoisotopic (exact) mass is 549 g/mol. The zero-order chi connectivity index (χ0) is 28.0. The van der Waals surface area contributed by atoms with E-state index < -0.39 is 5.91 Å². The van der Waals surface area contributed by atoms with Crippen LogP contribution in [0.1, 0.15) is 52.4 Å². The van der Waals surface area contributed by atoms with Crippen molar-refractivity contribution in [1.82, 2.24) is 29.8 Å². The minimum absolute atomic E-state index is 0.0189. The van der Waals surface area contributed by atoms with Crippen LogP contribution in [0.15, 0.2) is 91.4 Å². The van der Waals surface area contributed by atoms with Crippen molar-refractivity contribution in [2.75, 3.05) is 18.5 Å². The summed E-state index contributed by atoms with van der Waals surface area (Å²) in [4.78, 5) is 31.4. The van der Waals surface area contributed by atoms with Gasteiger partial charge in [-0.25, -0.2) is 15.0 Å². The molecule has 5 aromatic rings. The molecule has 1 fully saturated rings. The highest BCUT2D eigenvalue weighted by Crippen LogP contribution is 2.32. The third kappa shape index (κ3) is 5.93. The van der Waals surface area contributed by atoms with Crippen molar-refractivity contribution in [1.29, 1.82) is 0 Å². The highest BCUT2D eigenvalue weighted by molar-refractivity contribution is 5.94. The molecule has 1 saturated heterocycles. The fourth-order valence-corrected chi connectivity index (χ4v) is 5.13. The minimum Gasteiger partial charge on any atom is -0.394 e. The molecule has 2 aromatic carbocycles. The number of nitrogens with one attached hydrogen (secondary N) is 2. The summed E-state index contributed by atoms with van der Waals surface area (Å²) >= 11 is 0. The van der Waals surface area contributed by atoms with Crippen LogP contribution < -0.4 is 10.6 Å². The Morgan fingerprint density at radius 3 is 2.34 bits per heavy atom. The van der Waals surface area contributed by atoms with E-state index in [0.29, 0.717) is 29.9 Å². The van der Waals surface area contributed by atoms with Crippen LogP contribution in [0.5, 0.6) is 0 Å². The number of nitrogens with zero attached hydrogens (tertiary/aromatic N) is 5. The van der Waals surface area contributed by atoms with Crippen LogP contribution in [0.4, 0.5) is 5.82 Å². The van der Waals surface area contributed by atoms with Crippen LogP contribution in [0.25, 0.3) is 11.2 Å². The summed E-state index contributed by atoms with van der Waals surface area (Å²) in [5.74, 6) is 0.0988. The number of hydrogen-bond acceptors (Lipinski definition) is 8. The van der Waals surface area contributed by atoms with Crippen LogP contribution in [0, 0.1) is 0 Å². The van der Waals surface area contributed by atoms with Crippen LogP contribution in [-0.2, 0) is 11.3 Å². The van der Waals surface area contributed by atoms with E-state index in [4.69, 9.17) is 4.74 Å². The van der Waals surface area contributed by atoms with Gasteiger partial charge in [-0.15, -0.1) is 0 Å². The number of aromatic nitrogens is 5. The third-order valence-electron chi connectivity index (χ3n) is 7.26. The number of aliphatic hydroxyl groups excluding tert-OH is 1. The van der Waals surface area contributed by atoms with Gasteiger partial charge in [0, 0.05) is 18.7 Å². The molecule has 3 N–H and O–H groups in total. The number of pyridine rings is 1. The van der Waals surface area contributed by atoms with Crippen molar-refractivity contribution >= 4 is 22.9 Å². The molecule has 6 rings (SSSR count). The molecule has 10 heteroatoms. The lowest BCUT2D eigenvalue weighted by Crippen LogP contribution is -2.26. The first-order valence-corrected chi connectivity index (χ1v) is 13.7. The summed E-state index contributed by atoms with van der Waals surface area (Å²) in [6.07, 6.45) is 4.19. The molecular formula is C31H31N7O3. The maximum absolute atomic E-state index is 13.3.